The lowest BCUT2D eigenvalue weighted by molar-refractivity contribution is -0.191. The van der Waals surface area contributed by atoms with Gasteiger partial charge in [0, 0.05) is 6.08 Å². The van der Waals surface area contributed by atoms with E-state index in [1.165, 1.54) is 18.1 Å². The highest BCUT2D eigenvalue weighted by atomic mass is 32.2. The van der Waals surface area contributed by atoms with Gasteiger partial charge in [-0.25, -0.2) is 18.3 Å². The Kier molecular flexibility index (Phi) is 6.87. The number of fused-ring (bicyclic) bond motifs is 1. The number of carbonyl (C=O) groups excluding carboxylic acids is 2. The van der Waals surface area contributed by atoms with Crippen LogP contribution in [0.15, 0.2) is 53.4 Å². The molecule has 2 atom stereocenters. The molecule has 0 radical (unpaired) electrons. The molecule has 0 spiro atoms. The lowest BCUT2D eigenvalue weighted by atomic mass is 10.00. The molecule has 0 heterocycles. The zero-order valence-electron chi connectivity index (χ0n) is 16.7. The van der Waals surface area contributed by atoms with Gasteiger partial charge in [-0.15, -0.1) is 0 Å². The molecule has 1 fully saturated rings. The van der Waals surface area contributed by atoms with Gasteiger partial charge in [-0.2, -0.15) is 4.72 Å². The molecule has 3 rings (SSSR count). The summed E-state index contributed by atoms with van der Waals surface area (Å²) in [5, 5.41) is 12.0. The third kappa shape index (κ3) is 5.18. The number of benzene rings is 2. The van der Waals surface area contributed by atoms with E-state index in [1.54, 1.807) is 25.1 Å². The van der Waals surface area contributed by atoms with Crippen LogP contribution in [-0.2, 0) is 29.2 Å². The van der Waals surface area contributed by atoms with Gasteiger partial charge >= 0.3 is 5.97 Å². The summed E-state index contributed by atoms with van der Waals surface area (Å²) in [6.07, 6.45) is 1.92. The van der Waals surface area contributed by atoms with Gasteiger partial charge in [0.1, 0.15) is 17.9 Å². The van der Waals surface area contributed by atoms with Crippen molar-refractivity contribution in [3.05, 3.63) is 48.5 Å². The monoisotopic (exact) mass is 446 g/mol. The van der Waals surface area contributed by atoms with Crippen LogP contribution in [0.2, 0.25) is 0 Å². The molecule has 2 aromatic carbocycles. The lowest BCUT2D eigenvalue weighted by Gasteiger charge is -2.28. The van der Waals surface area contributed by atoms with E-state index in [4.69, 9.17) is 4.84 Å². The fraction of sp³-hybridized carbons (Fsp3) is 0.333. The van der Waals surface area contributed by atoms with Crippen LogP contribution in [0.5, 0.6) is 0 Å². The molecule has 9 nitrogen and oxygen atoms in total. The molecule has 10 heteroatoms. The first-order valence-corrected chi connectivity index (χ1v) is 11.2. The molecule has 1 amide bonds. The number of hydrogen-bond acceptors (Lipinski definition) is 6. The molecule has 164 valence electrons. The van der Waals surface area contributed by atoms with Crippen LogP contribution in [-0.4, -0.2) is 55.1 Å². The number of nitrogens with one attached hydrogen (secondary N) is 1. The summed E-state index contributed by atoms with van der Waals surface area (Å²) < 4.78 is 28.3. The molecule has 1 aliphatic carbocycles. The molecule has 1 saturated carbocycles. The summed E-state index contributed by atoms with van der Waals surface area (Å²) in [7, 11) is -4.31. The average Bonchev–Trinajstić information content (AvgIpc) is 3.58. The van der Waals surface area contributed by atoms with Crippen molar-refractivity contribution < 1.29 is 32.7 Å². The average molecular weight is 446 g/mol. The van der Waals surface area contributed by atoms with Crippen LogP contribution in [0.1, 0.15) is 19.8 Å². The molecule has 2 N–H and O–H groups in total. The Hall–Kier alpha value is -3.04. The van der Waals surface area contributed by atoms with Gasteiger partial charge in [-0.05, 0) is 42.7 Å². The van der Waals surface area contributed by atoms with Gasteiger partial charge < -0.3 is 5.11 Å². The van der Waals surface area contributed by atoms with E-state index in [-0.39, 0.29) is 17.5 Å². The highest BCUT2D eigenvalue weighted by Crippen LogP contribution is 2.29. The number of rotatable bonds is 10. The number of amides is 1. The SMILES string of the molecule is CCON(C(=O)C(NS(=O)(=O)c1ccc2ccccc2c1)[C@H](C=C=O)C(=O)O)C1CC1. The molecule has 0 saturated heterocycles. The van der Waals surface area contributed by atoms with Crippen molar-refractivity contribution in [2.45, 2.75) is 36.7 Å². The molecule has 0 aromatic heterocycles. The van der Waals surface area contributed by atoms with Crippen LogP contribution in [0.4, 0.5) is 0 Å². The standard InChI is InChI=1S/C21H22N2O7S/c1-2-30-23(16-8-9-16)20(25)19(18(11-12-24)21(26)27)22-31(28,29)17-10-7-14-5-3-4-6-15(14)13-17/h3-7,10-11,13,16,18-19,22H,2,8-9H2,1H3,(H,26,27)/t18-,19?/m0/s1. The number of nitrogens with zero attached hydrogens (tertiary/aromatic N) is 1. The van der Waals surface area contributed by atoms with Crippen molar-refractivity contribution in [2.75, 3.05) is 6.61 Å². The van der Waals surface area contributed by atoms with Crippen molar-refractivity contribution in [1.29, 1.82) is 0 Å². The second kappa shape index (κ2) is 9.40. The summed E-state index contributed by atoms with van der Waals surface area (Å²) in [6, 6.07) is 9.45. The summed E-state index contributed by atoms with van der Waals surface area (Å²) in [5.74, 6) is -2.84. The first kappa shape index (κ1) is 22.6. The first-order valence-electron chi connectivity index (χ1n) is 9.69. The van der Waals surface area contributed by atoms with E-state index in [0.29, 0.717) is 24.3 Å². The van der Waals surface area contributed by atoms with Crippen LogP contribution < -0.4 is 4.72 Å². The van der Waals surface area contributed by atoms with E-state index < -0.39 is 33.9 Å². The number of hydroxylamine groups is 2. The zero-order valence-corrected chi connectivity index (χ0v) is 17.5. The van der Waals surface area contributed by atoms with E-state index in [1.807, 2.05) is 12.1 Å². The van der Waals surface area contributed by atoms with Gasteiger partial charge in [0.15, 0.2) is 0 Å². The smallest absolute Gasteiger partial charge is 0.313 e. The quantitative estimate of drug-likeness (QED) is 0.418. The van der Waals surface area contributed by atoms with Crippen molar-refractivity contribution in [1.82, 2.24) is 9.79 Å². The van der Waals surface area contributed by atoms with Crippen molar-refractivity contribution >= 4 is 38.6 Å². The summed E-state index contributed by atoms with van der Waals surface area (Å²) >= 11 is 0. The van der Waals surface area contributed by atoms with E-state index >= 15 is 0 Å². The Morgan fingerprint density at radius 2 is 1.94 bits per heavy atom. The Labute approximate surface area is 179 Å². The summed E-state index contributed by atoms with van der Waals surface area (Å²) in [6.45, 7) is 1.78. The molecular weight excluding hydrogens is 424 g/mol. The predicted octanol–water partition coefficient (Wildman–Crippen LogP) is 1.52. The predicted molar refractivity (Wildman–Crippen MR) is 111 cm³/mol. The fourth-order valence-electron chi connectivity index (χ4n) is 3.16. The van der Waals surface area contributed by atoms with Crippen molar-refractivity contribution in [3.63, 3.8) is 0 Å². The van der Waals surface area contributed by atoms with E-state index in [0.717, 1.165) is 10.4 Å². The van der Waals surface area contributed by atoms with Crippen LogP contribution in [0, 0.1) is 5.92 Å². The highest BCUT2D eigenvalue weighted by Gasteiger charge is 2.43. The maximum atomic E-state index is 13.1. The van der Waals surface area contributed by atoms with Crippen molar-refractivity contribution in [2.24, 2.45) is 5.92 Å². The molecular formula is C21H22N2O7S. The number of carbonyl (C=O) groups is 2. The molecule has 31 heavy (non-hydrogen) atoms. The topological polar surface area (TPSA) is 130 Å². The Balaban J connectivity index is 2.00. The van der Waals surface area contributed by atoms with Crippen molar-refractivity contribution in [3.8, 4) is 0 Å². The third-order valence-corrected chi connectivity index (χ3v) is 6.27. The van der Waals surface area contributed by atoms with Gasteiger partial charge in [0.25, 0.3) is 5.91 Å². The molecule has 1 aliphatic rings. The normalized spacial score (nSPS) is 15.6. The Morgan fingerprint density at radius 1 is 1.26 bits per heavy atom. The maximum absolute atomic E-state index is 13.1. The second-order valence-corrected chi connectivity index (χ2v) is 8.78. The zero-order chi connectivity index (χ0) is 22.6. The fourth-order valence-corrected chi connectivity index (χ4v) is 4.41. The van der Waals surface area contributed by atoms with Gasteiger partial charge in [0.2, 0.25) is 10.0 Å². The second-order valence-electron chi connectivity index (χ2n) is 7.07. The number of sulfonamides is 1. The number of carboxylic acids is 1. The van der Waals surface area contributed by atoms with Gasteiger partial charge in [-0.1, -0.05) is 30.3 Å². The molecule has 0 bridgehead atoms. The maximum Gasteiger partial charge on any atom is 0.313 e. The summed E-state index contributed by atoms with van der Waals surface area (Å²) in [5.41, 5.74) is 0. The van der Waals surface area contributed by atoms with Crippen LogP contribution in [0.25, 0.3) is 10.8 Å². The molecule has 0 aliphatic heterocycles. The third-order valence-electron chi connectivity index (χ3n) is 4.84. The minimum Gasteiger partial charge on any atom is -0.481 e. The highest BCUT2D eigenvalue weighted by molar-refractivity contribution is 7.89. The summed E-state index contributed by atoms with van der Waals surface area (Å²) in [4.78, 5) is 41.0. The minimum atomic E-state index is -4.31. The van der Waals surface area contributed by atoms with E-state index in [9.17, 15) is 27.9 Å². The van der Waals surface area contributed by atoms with Gasteiger partial charge in [-0.3, -0.25) is 14.4 Å². The van der Waals surface area contributed by atoms with Crippen LogP contribution >= 0.6 is 0 Å². The Bertz CT molecular complexity index is 1140. The first-order chi connectivity index (χ1) is 14.8. The lowest BCUT2D eigenvalue weighted by Crippen LogP contribution is -2.54. The minimum absolute atomic E-state index is 0.133. The number of carboxylic acid groups (broad SMARTS) is 1. The molecule has 1 unspecified atom stereocenters. The van der Waals surface area contributed by atoms with Crippen LogP contribution in [0.3, 0.4) is 0 Å². The largest absolute Gasteiger partial charge is 0.481 e. The molecule has 2 aromatic rings. The number of hydrogen-bond donors (Lipinski definition) is 2. The van der Waals surface area contributed by atoms with E-state index in [2.05, 4.69) is 4.72 Å². The Morgan fingerprint density at radius 3 is 2.52 bits per heavy atom. The number of aliphatic carboxylic acids is 1. The van der Waals surface area contributed by atoms with Gasteiger partial charge in [0.05, 0.1) is 17.5 Å².